The fourth-order valence-electron chi connectivity index (χ4n) is 2.53. The molecule has 0 atom stereocenters. The Bertz CT molecular complexity index is 1040. The third-order valence-electron chi connectivity index (χ3n) is 4.06. The predicted molar refractivity (Wildman–Crippen MR) is 113 cm³/mol. The van der Waals surface area contributed by atoms with Gasteiger partial charge in [-0.05, 0) is 35.7 Å². The summed E-state index contributed by atoms with van der Waals surface area (Å²) < 4.78 is 5.26. The number of nitriles is 1. The van der Waals surface area contributed by atoms with Crippen LogP contribution in [0.4, 0.5) is 0 Å². The zero-order valence-electron chi connectivity index (χ0n) is 15.7. The second kappa shape index (κ2) is 9.92. The van der Waals surface area contributed by atoms with E-state index in [1.807, 2.05) is 35.7 Å². The van der Waals surface area contributed by atoms with Gasteiger partial charge in [0.25, 0.3) is 5.91 Å². The quantitative estimate of drug-likeness (QED) is 0.521. The summed E-state index contributed by atoms with van der Waals surface area (Å²) in [5.41, 5.74) is 0.894. The van der Waals surface area contributed by atoms with Gasteiger partial charge in [-0.1, -0.05) is 42.1 Å². The summed E-state index contributed by atoms with van der Waals surface area (Å²) in [7, 11) is 1.68. The molecule has 0 bridgehead atoms. The molecule has 7 heteroatoms. The molecule has 0 aliphatic heterocycles. The molecule has 0 aliphatic carbocycles. The van der Waals surface area contributed by atoms with Crippen molar-refractivity contribution in [2.45, 2.75) is 16.3 Å². The highest BCUT2D eigenvalue weighted by atomic mass is 32.2. The lowest BCUT2D eigenvalue weighted by Crippen LogP contribution is -2.30. The largest absolute Gasteiger partial charge is 0.452 e. The fourth-order valence-corrected chi connectivity index (χ4v) is 4.30. The summed E-state index contributed by atoms with van der Waals surface area (Å²) in [6, 6.07) is 20.2. The van der Waals surface area contributed by atoms with Gasteiger partial charge in [0.2, 0.25) is 0 Å². The number of benzene rings is 2. The zero-order valence-corrected chi connectivity index (χ0v) is 17.3. The van der Waals surface area contributed by atoms with E-state index in [0.29, 0.717) is 22.6 Å². The van der Waals surface area contributed by atoms with Gasteiger partial charge in [0.1, 0.15) is 6.07 Å². The van der Waals surface area contributed by atoms with E-state index in [1.165, 1.54) is 16.7 Å². The van der Waals surface area contributed by atoms with Crippen molar-refractivity contribution in [1.29, 1.82) is 5.26 Å². The second-order valence-electron chi connectivity index (χ2n) is 6.11. The van der Waals surface area contributed by atoms with Crippen LogP contribution < -0.4 is 0 Å². The summed E-state index contributed by atoms with van der Waals surface area (Å²) in [6.45, 7) is 0.153. The lowest BCUT2D eigenvalue weighted by atomic mass is 10.2. The van der Waals surface area contributed by atoms with E-state index in [1.54, 1.807) is 48.7 Å². The smallest absolute Gasteiger partial charge is 0.339 e. The first-order valence-electron chi connectivity index (χ1n) is 8.78. The Kier molecular flexibility index (Phi) is 7.06. The topological polar surface area (TPSA) is 70.4 Å². The molecular formula is C22H18N2O3S2. The Morgan fingerprint density at radius 1 is 1.07 bits per heavy atom. The van der Waals surface area contributed by atoms with Gasteiger partial charge in [-0.15, -0.1) is 11.3 Å². The number of ether oxygens (including phenoxy) is 1. The van der Waals surface area contributed by atoms with Crippen LogP contribution in [0.25, 0.3) is 0 Å². The van der Waals surface area contributed by atoms with Gasteiger partial charge in [-0.25, -0.2) is 4.79 Å². The maximum Gasteiger partial charge on any atom is 0.339 e. The Balaban J connectivity index is 1.65. The molecule has 2 aromatic carbocycles. The number of esters is 1. The van der Waals surface area contributed by atoms with Crippen LogP contribution in [0.5, 0.6) is 0 Å². The monoisotopic (exact) mass is 422 g/mol. The molecule has 0 radical (unpaired) electrons. The van der Waals surface area contributed by atoms with Crippen LogP contribution in [-0.4, -0.2) is 30.4 Å². The van der Waals surface area contributed by atoms with Crippen molar-refractivity contribution >= 4 is 35.0 Å². The number of rotatable bonds is 7. The maximum atomic E-state index is 12.6. The van der Waals surface area contributed by atoms with Gasteiger partial charge in [0.15, 0.2) is 6.61 Å². The molecule has 0 aliphatic rings. The first kappa shape index (κ1) is 20.6. The lowest BCUT2D eigenvalue weighted by molar-refractivity contribution is -0.133. The minimum atomic E-state index is -0.569. The van der Waals surface area contributed by atoms with Gasteiger partial charge in [-0.3, -0.25) is 4.79 Å². The van der Waals surface area contributed by atoms with Crippen molar-refractivity contribution in [2.75, 3.05) is 13.7 Å². The van der Waals surface area contributed by atoms with Crippen molar-refractivity contribution in [3.05, 3.63) is 82.0 Å². The maximum absolute atomic E-state index is 12.6. The van der Waals surface area contributed by atoms with E-state index < -0.39 is 5.97 Å². The molecule has 29 heavy (non-hydrogen) atoms. The summed E-state index contributed by atoms with van der Waals surface area (Å²) in [5, 5.41) is 11.2. The van der Waals surface area contributed by atoms with Crippen molar-refractivity contribution in [2.24, 2.45) is 0 Å². The molecule has 3 rings (SSSR count). The van der Waals surface area contributed by atoms with Crippen molar-refractivity contribution in [1.82, 2.24) is 4.90 Å². The Labute approximate surface area is 177 Å². The fraction of sp³-hybridized carbons (Fsp3) is 0.136. The third-order valence-corrected chi connectivity index (χ3v) is 6.07. The molecule has 0 saturated heterocycles. The van der Waals surface area contributed by atoms with E-state index in [-0.39, 0.29) is 12.5 Å². The van der Waals surface area contributed by atoms with E-state index in [9.17, 15) is 14.9 Å². The molecule has 1 aromatic heterocycles. The predicted octanol–water partition coefficient (Wildman–Crippen LogP) is 4.59. The molecule has 5 nitrogen and oxygen atoms in total. The highest BCUT2D eigenvalue weighted by Crippen LogP contribution is 2.32. The van der Waals surface area contributed by atoms with Gasteiger partial charge >= 0.3 is 5.97 Å². The van der Waals surface area contributed by atoms with Crippen LogP contribution in [0.3, 0.4) is 0 Å². The number of hydrogen-bond donors (Lipinski definition) is 0. The molecule has 146 valence electrons. The molecule has 1 amide bonds. The molecule has 0 saturated carbocycles. The molecule has 0 unspecified atom stereocenters. The van der Waals surface area contributed by atoms with Gasteiger partial charge < -0.3 is 9.64 Å². The summed E-state index contributed by atoms with van der Waals surface area (Å²) in [4.78, 5) is 28.9. The Morgan fingerprint density at radius 2 is 1.79 bits per heavy atom. The molecular weight excluding hydrogens is 404 g/mol. The second-order valence-corrected chi connectivity index (χ2v) is 8.23. The summed E-state index contributed by atoms with van der Waals surface area (Å²) in [5.74, 6) is -0.841. The van der Waals surface area contributed by atoms with Gasteiger partial charge in [0, 0.05) is 21.7 Å². The normalized spacial score (nSPS) is 10.2. The minimum absolute atomic E-state index is 0.272. The van der Waals surface area contributed by atoms with Crippen LogP contribution in [-0.2, 0) is 16.1 Å². The lowest BCUT2D eigenvalue weighted by Gasteiger charge is -2.16. The van der Waals surface area contributed by atoms with Crippen molar-refractivity contribution in [3.63, 3.8) is 0 Å². The van der Waals surface area contributed by atoms with Gasteiger partial charge in [0.05, 0.1) is 17.7 Å². The van der Waals surface area contributed by atoms with Crippen molar-refractivity contribution < 1.29 is 14.3 Å². The number of hydrogen-bond acceptors (Lipinski definition) is 6. The number of carbonyl (C=O) groups is 2. The Morgan fingerprint density at radius 3 is 2.52 bits per heavy atom. The SMILES string of the molecule is CN(Cc1cccs1)C(=O)COC(=O)c1ccccc1Sc1ccccc1C#N. The van der Waals surface area contributed by atoms with Crippen LogP contribution in [0, 0.1) is 11.3 Å². The number of carbonyl (C=O) groups excluding carboxylic acids is 2. The number of amides is 1. The van der Waals surface area contributed by atoms with E-state index in [2.05, 4.69) is 6.07 Å². The average molecular weight is 423 g/mol. The van der Waals surface area contributed by atoms with E-state index in [4.69, 9.17) is 4.74 Å². The van der Waals surface area contributed by atoms with Crippen LogP contribution in [0.1, 0.15) is 20.8 Å². The molecule has 1 heterocycles. The van der Waals surface area contributed by atoms with Crippen LogP contribution in [0.15, 0.2) is 75.8 Å². The van der Waals surface area contributed by atoms with Crippen molar-refractivity contribution in [3.8, 4) is 6.07 Å². The minimum Gasteiger partial charge on any atom is -0.452 e. The Hall–Kier alpha value is -3.08. The average Bonchev–Trinajstić information content (AvgIpc) is 3.25. The first-order valence-corrected chi connectivity index (χ1v) is 10.5. The highest BCUT2D eigenvalue weighted by molar-refractivity contribution is 7.99. The zero-order chi connectivity index (χ0) is 20.6. The number of nitrogens with zero attached hydrogens (tertiary/aromatic N) is 2. The van der Waals surface area contributed by atoms with Crippen LogP contribution >= 0.6 is 23.1 Å². The van der Waals surface area contributed by atoms with E-state index >= 15 is 0 Å². The molecule has 0 fully saturated rings. The first-order chi connectivity index (χ1) is 14.1. The summed E-state index contributed by atoms with van der Waals surface area (Å²) in [6.07, 6.45) is 0. The number of thiophene rings is 1. The third kappa shape index (κ3) is 5.47. The number of likely N-dealkylation sites (N-methyl/N-ethyl adjacent to an activating group) is 1. The van der Waals surface area contributed by atoms with Gasteiger partial charge in [-0.2, -0.15) is 5.26 Å². The molecule has 0 N–H and O–H groups in total. The molecule has 0 spiro atoms. The molecule has 3 aromatic rings. The van der Waals surface area contributed by atoms with E-state index in [0.717, 1.165) is 9.77 Å². The summed E-state index contributed by atoms with van der Waals surface area (Å²) >= 11 is 2.89. The van der Waals surface area contributed by atoms with Crippen LogP contribution in [0.2, 0.25) is 0 Å². The highest BCUT2D eigenvalue weighted by Gasteiger charge is 2.17. The standard InChI is InChI=1S/C22H18N2O3S2/c1-24(14-17-8-6-12-28-17)21(25)15-27-22(26)18-9-3-5-11-20(18)29-19-10-4-2-7-16(19)13-23/h2-12H,14-15H2,1H3.